The van der Waals surface area contributed by atoms with Gasteiger partial charge in [0, 0.05) is 24.2 Å². The highest BCUT2D eigenvalue weighted by molar-refractivity contribution is 5.35. The number of ether oxygens (including phenoxy) is 1. The smallest absolute Gasteiger partial charge is 0.124 e. The Kier molecular flexibility index (Phi) is 5.86. The van der Waals surface area contributed by atoms with Gasteiger partial charge in [-0.2, -0.15) is 0 Å². The van der Waals surface area contributed by atoms with E-state index >= 15 is 0 Å². The zero-order valence-corrected chi connectivity index (χ0v) is 13.1. The fraction of sp³-hybridized carbons (Fsp3) is 0.647. The van der Waals surface area contributed by atoms with Crippen LogP contribution in [0, 0.1) is 0 Å². The Hall–Kier alpha value is -1.06. The molecule has 0 aromatic heterocycles. The highest BCUT2D eigenvalue weighted by Gasteiger charge is 2.19. The highest BCUT2D eigenvalue weighted by Crippen LogP contribution is 2.24. The van der Waals surface area contributed by atoms with Crippen LogP contribution >= 0.6 is 0 Å². The molecule has 3 heteroatoms. The first-order chi connectivity index (χ1) is 9.72. The van der Waals surface area contributed by atoms with Gasteiger partial charge < -0.3 is 10.1 Å². The maximum atomic E-state index is 5.71. The number of rotatable bonds is 7. The van der Waals surface area contributed by atoms with Crippen LogP contribution in [0.5, 0.6) is 5.75 Å². The average molecular weight is 276 g/mol. The topological polar surface area (TPSA) is 24.5 Å². The monoisotopic (exact) mass is 276 g/mol. The first kappa shape index (κ1) is 15.3. The summed E-state index contributed by atoms with van der Waals surface area (Å²) in [6.07, 6.45) is 2.71. The van der Waals surface area contributed by atoms with Crippen LogP contribution in [0.4, 0.5) is 0 Å². The molecule has 2 unspecified atom stereocenters. The number of hydrogen-bond acceptors (Lipinski definition) is 3. The third kappa shape index (κ3) is 3.97. The van der Waals surface area contributed by atoms with Gasteiger partial charge in [-0.25, -0.2) is 0 Å². The van der Waals surface area contributed by atoms with E-state index in [-0.39, 0.29) is 0 Å². The van der Waals surface area contributed by atoms with Crippen molar-refractivity contribution in [3.63, 3.8) is 0 Å². The van der Waals surface area contributed by atoms with E-state index in [4.69, 9.17) is 4.74 Å². The Bertz CT molecular complexity index is 402. The van der Waals surface area contributed by atoms with Gasteiger partial charge in [0.15, 0.2) is 0 Å². The molecular formula is C17H28N2O. The van der Waals surface area contributed by atoms with Gasteiger partial charge in [-0.15, -0.1) is 0 Å². The lowest BCUT2D eigenvalue weighted by Crippen LogP contribution is -2.39. The van der Waals surface area contributed by atoms with Crippen molar-refractivity contribution >= 4 is 0 Å². The average Bonchev–Trinajstić information content (AvgIpc) is 2.99. The van der Waals surface area contributed by atoms with E-state index in [1.54, 1.807) is 0 Å². The predicted molar refractivity (Wildman–Crippen MR) is 84.3 cm³/mol. The van der Waals surface area contributed by atoms with E-state index in [0.29, 0.717) is 18.7 Å². The van der Waals surface area contributed by atoms with E-state index in [1.807, 2.05) is 13.0 Å². The van der Waals surface area contributed by atoms with Crippen LogP contribution in [0.3, 0.4) is 0 Å². The SMILES string of the molecule is CCOc1ccccc1C(C)NCC(C)N1CCCC1. The molecule has 20 heavy (non-hydrogen) atoms. The van der Waals surface area contributed by atoms with E-state index in [2.05, 4.69) is 42.3 Å². The number of hydrogen-bond donors (Lipinski definition) is 1. The summed E-state index contributed by atoms with van der Waals surface area (Å²) in [5.41, 5.74) is 1.25. The van der Waals surface area contributed by atoms with Crippen molar-refractivity contribution < 1.29 is 4.74 Å². The molecule has 0 bridgehead atoms. The molecule has 1 heterocycles. The van der Waals surface area contributed by atoms with Crippen molar-refractivity contribution in [3.05, 3.63) is 29.8 Å². The second-order valence-electron chi connectivity index (χ2n) is 5.69. The van der Waals surface area contributed by atoms with Crippen molar-refractivity contribution in [2.45, 2.75) is 45.7 Å². The maximum Gasteiger partial charge on any atom is 0.124 e. The first-order valence-corrected chi connectivity index (χ1v) is 7.91. The van der Waals surface area contributed by atoms with Crippen molar-refractivity contribution in [2.24, 2.45) is 0 Å². The molecule has 0 aliphatic carbocycles. The van der Waals surface area contributed by atoms with Crippen LogP contribution in [0.15, 0.2) is 24.3 Å². The lowest BCUT2D eigenvalue weighted by Gasteiger charge is -2.26. The molecule has 0 amide bonds. The minimum atomic E-state index is 0.322. The number of nitrogens with zero attached hydrogens (tertiary/aromatic N) is 1. The van der Waals surface area contributed by atoms with Crippen molar-refractivity contribution in [1.29, 1.82) is 0 Å². The zero-order chi connectivity index (χ0) is 14.4. The second-order valence-corrected chi connectivity index (χ2v) is 5.69. The molecule has 112 valence electrons. The van der Waals surface area contributed by atoms with Gasteiger partial charge in [0.1, 0.15) is 5.75 Å². The molecule has 0 radical (unpaired) electrons. The molecule has 1 fully saturated rings. The molecule has 1 aliphatic rings. The number of para-hydroxylation sites is 1. The number of benzene rings is 1. The quantitative estimate of drug-likeness (QED) is 0.827. The number of nitrogens with one attached hydrogen (secondary N) is 1. The van der Waals surface area contributed by atoms with Gasteiger partial charge in [0.2, 0.25) is 0 Å². The molecule has 2 atom stereocenters. The van der Waals surface area contributed by atoms with E-state index in [0.717, 1.165) is 12.3 Å². The number of likely N-dealkylation sites (tertiary alicyclic amines) is 1. The highest BCUT2D eigenvalue weighted by atomic mass is 16.5. The van der Waals surface area contributed by atoms with E-state index in [9.17, 15) is 0 Å². The molecule has 0 saturated carbocycles. The van der Waals surface area contributed by atoms with E-state index < -0.39 is 0 Å². The van der Waals surface area contributed by atoms with Crippen LogP contribution < -0.4 is 10.1 Å². The Morgan fingerprint density at radius 3 is 2.60 bits per heavy atom. The molecule has 1 aromatic rings. The van der Waals surface area contributed by atoms with Crippen LogP contribution in [-0.2, 0) is 0 Å². The summed E-state index contributed by atoms with van der Waals surface area (Å²) in [6.45, 7) is 10.8. The molecule has 2 rings (SSSR count). The van der Waals surface area contributed by atoms with Crippen LogP contribution in [-0.4, -0.2) is 37.2 Å². The van der Waals surface area contributed by atoms with Gasteiger partial charge in [-0.3, -0.25) is 4.90 Å². The normalized spacial score (nSPS) is 18.9. The molecule has 3 nitrogen and oxygen atoms in total. The molecule has 0 spiro atoms. The maximum absolute atomic E-state index is 5.71. The molecular weight excluding hydrogens is 248 g/mol. The summed E-state index contributed by atoms with van der Waals surface area (Å²) in [4.78, 5) is 2.58. The van der Waals surface area contributed by atoms with Gasteiger partial charge in [0.05, 0.1) is 6.61 Å². The Morgan fingerprint density at radius 2 is 1.90 bits per heavy atom. The zero-order valence-electron chi connectivity index (χ0n) is 13.1. The largest absolute Gasteiger partial charge is 0.494 e. The van der Waals surface area contributed by atoms with E-state index in [1.165, 1.54) is 31.5 Å². The van der Waals surface area contributed by atoms with Crippen LogP contribution in [0.25, 0.3) is 0 Å². The minimum Gasteiger partial charge on any atom is -0.494 e. The Balaban J connectivity index is 1.89. The summed E-state index contributed by atoms with van der Waals surface area (Å²) in [7, 11) is 0. The summed E-state index contributed by atoms with van der Waals surface area (Å²) in [5.74, 6) is 1.00. The second kappa shape index (κ2) is 7.65. The predicted octanol–water partition coefficient (Wildman–Crippen LogP) is 3.22. The van der Waals surface area contributed by atoms with Crippen molar-refractivity contribution in [2.75, 3.05) is 26.2 Å². The van der Waals surface area contributed by atoms with Gasteiger partial charge in [-0.1, -0.05) is 18.2 Å². The summed E-state index contributed by atoms with van der Waals surface area (Å²) in [5, 5.41) is 3.65. The van der Waals surface area contributed by atoms with Crippen molar-refractivity contribution in [1.82, 2.24) is 10.2 Å². The molecule has 1 saturated heterocycles. The van der Waals surface area contributed by atoms with Crippen LogP contribution in [0.1, 0.15) is 45.2 Å². The lowest BCUT2D eigenvalue weighted by atomic mass is 10.1. The Labute approximate surface area is 123 Å². The van der Waals surface area contributed by atoms with Gasteiger partial charge in [-0.05, 0) is 52.8 Å². The summed E-state index contributed by atoms with van der Waals surface area (Å²) in [6, 6.07) is 9.26. The third-order valence-corrected chi connectivity index (χ3v) is 4.17. The minimum absolute atomic E-state index is 0.322. The first-order valence-electron chi connectivity index (χ1n) is 7.91. The summed E-state index contributed by atoms with van der Waals surface area (Å²) < 4.78 is 5.71. The lowest BCUT2D eigenvalue weighted by molar-refractivity contribution is 0.246. The van der Waals surface area contributed by atoms with Crippen LogP contribution in [0.2, 0.25) is 0 Å². The standard InChI is InChI=1S/C17H28N2O/c1-4-20-17-10-6-5-9-16(17)15(3)18-13-14(2)19-11-7-8-12-19/h5-6,9-10,14-15,18H,4,7-8,11-13H2,1-3H3. The molecule has 1 aliphatic heterocycles. The van der Waals surface area contributed by atoms with Gasteiger partial charge in [0.25, 0.3) is 0 Å². The fourth-order valence-electron chi connectivity index (χ4n) is 2.89. The molecule has 1 N–H and O–H groups in total. The van der Waals surface area contributed by atoms with Gasteiger partial charge >= 0.3 is 0 Å². The summed E-state index contributed by atoms with van der Waals surface area (Å²) >= 11 is 0. The van der Waals surface area contributed by atoms with Crippen molar-refractivity contribution in [3.8, 4) is 5.75 Å². The Morgan fingerprint density at radius 1 is 1.20 bits per heavy atom. The third-order valence-electron chi connectivity index (χ3n) is 4.17. The fourth-order valence-corrected chi connectivity index (χ4v) is 2.89. The molecule has 1 aromatic carbocycles.